The molecular weight excluding hydrogens is 464 g/mol. The molecule has 0 aromatic carbocycles. The molecule has 5 N–H and O–H groups in total. The molecule has 0 fully saturated rings. The Kier molecular flexibility index (Phi) is 22.5. The number of carbonyl (C=O) groups excluding carboxylic acids is 1. The molecule has 8 heteroatoms. The third kappa shape index (κ3) is 16.7. The van der Waals surface area contributed by atoms with Crippen LogP contribution in [-0.4, -0.2) is 84.4 Å². The average molecular weight is 519 g/mol. The van der Waals surface area contributed by atoms with Crippen molar-refractivity contribution < 1.29 is 39.8 Å². The summed E-state index contributed by atoms with van der Waals surface area (Å²) < 4.78 is 10.7. The van der Waals surface area contributed by atoms with Crippen LogP contribution in [0.1, 0.15) is 96.8 Å². The largest absolute Gasteiger partial charge is 0.465 e. The normalized spacial score (nSPS) is 12.5. The summed E-state index contributed by atoms with van der Waals surface area (Å²) in [6, 6.07) is 0. The van der Waals surface area contributed by atoms with Crippen molar-refractivity contribution in [2.45, 2.75) is 96.8 Å². The first-order valence-electron chi connectivity index (χ1n) is 13.9. The highest BCUT2D eigenvalue weighted by Gasteiger charge is 2.34. The monoisotopic (exact) mass is 518 g/mol. The van der Waals surface area contributed by atoms with Gasteiger partial charge in [0.1, 0.15) is 6.61 Å². The summed E-state index contributed by atoms with van der Waals surface area (Å²) in [5, 5.41) is 47.5. The Balaban J connectivity index is 3.92. The zero-order chi connectivity index (χ0) is 27.0. The van der Waals surface area contributed by atoms with Crippen molar-refractivity contribution in [3.63, 3.8) is 0 Å². The van der Waals surface area contributed by atoms with E-state index in [0.717, 1.165) is 38.5 Å². The predicted octanol–water partition coefficient (Wildman–Crippen LogP) is 3.52. The third-order valence-corrected chi connectivity index (χ3v) is 6.68. The van der Waals surface area contributed by atoms with Crippen LogP contribution in [0.4, 0.5) is 0 Å². The summed E-state index contributed by atoms with van der Waals surface area (Å²) in [6.07, 6.45) is 20.3. The molecule has 36 heavy (non-hydrogen) atoms. The number of aliphatic hydroxyl groups is 5. The topological polar surface area (TPSA) is 137 Å². The lowest BCUT2D eigenvalue weighted by molar-refractivity contribution is -0.154. The van der Waals surface area contributed by atoms with Gasteiger partial charge in [-0.1, -0.05) is 70.4 Å². The van der Waals surface area contributed by atoms with E-state index in [4.69, 9.17) is 9.47 Å². The van der Waals surface area contributed by atoms with Crippen molar-refractivity contribution in [1.29, 1.82) is 0 Å². The molecule has 8 nitrogen and oxygen atoms in total. The van der Waals surface area contributed by atoms with Crippen molar-refractivity contribution >= 4 is 5.97 Å². The predicted molar refractivity (Wildman–Crippen MR) is 142 cm³/mol. The van der Waals surface area contributed by atoms with Gasteiger partial charge in [0.25, 0.3) is 0 Å². The number of hydrogen-bond acceptors (Lipinski definition) is 8. The lowest BCUT2D eigenvalue weighted by Crippen LogP contribution is -2.44. The molecule has 0 amide bonds. The van der Waals surface area contributed by atoms with Gasteiger partial charge in [-0.05, 0) is 32.1 Å². The lowest BCUT2D eigenvalue weighted by atomic mass is 9.90. The van der Waals surface area contributed by atoms with E-state index in [1.807, 2.05) is 0 Å². The van der Waals surface area contributed by atoms with Crippen molar-refractivity contribution in [2.75, 3.05) is 52.9 Å². The minimum atomic E-state index is -1.21. The SMILES string of the molecule is CCCCCCCC/C=C\CCCCCCCC(=O)OCC(CO)(CO)COCC(CO)(CO)CO. The van der Waals surface area contributed by atoms with Gasteiger partial charge in [0.2, 0.25) is 0 Å². The fourth-order valence-corrected chi connectivity index (χ4v) is 3.69. The molecule has 0 aliphatic rings. The highest BCUT2D eigenvalue weighted by molar-refractivity contribution is 5.69. The second kappa shape index (κ2) is 23.1. The number of unbranched alkanes of at least 4 members (excludes halogenated alkanes) is 11. The third-order valence-electron chi connectivity index (χ3n) is 6.68. The van der Waals surface area contributed by atoms with Crippen LogP contribution in [0.15, 0.2) is 12.2 Å². The van der Waals surface area contributed by atoms with Crippen LogP contribution in [0.2, 0.25) is 0 Å². The molecule has 0 atom stereocenters. The number of ether oxygens (including phenoxy) is 2. The van der Waals surface area contributed by atoms with Crippen LogP contribution in [0.5, 0.6) is 0 Å². The van der Waals surface area contributed by atoms with Gasteiger partial charge in [-0.2, -0.15) is 0 Å². The molecule has 0 aromatic rings. The van der Waals surface area contributed by atoms with Gasteiger partial charge in [0.15, 0.2) is 0 Å². The van der Waals surface area contributed by atoms with Gasteiger partial charge in [-0.25, -0.2) is 0 Å². The quantitative estimate of drug-likeness (QED) is 0.0666. The number of rotatable bonds is 26. The van der Waals surface area contributed by atoms with E-state index >= 15 is 0 Å². The van der Waals surface area contributed by atoms with E-state index < -0.39 is 43.9 Å². The smallest absolute Gasteiger partial charge is 0.305 e. The van der Waals surface area contributed by atoms with Crippen LogP contribution in [0, 0.1) is 10.8 Å². The first-order chi connectivity index (χ1) is 17.5. The molecule has 0 unspecified atom stereocenters. The summed E-state index contributed by atoms with van der Waals surface area (Å²) in [6.45, 7) is -0.630. The zero-order valence-corrected chi connectivity index (χ0v) is 22.7. The van der Waals surface area contributed by atoms with Gasteiger partial charge in [0.05, 0.1) is 57.1 Å². The number of aliphatic hydroxyl groups excluding tert-OH is 5. The van der Waals surface area contributed by atoms with Crippen LogP contribution >= 0.6 is 0 Å². The Morgan fingerprint density at radius 1 is 0.611 bits per heavy atom. The first kappa shape index (κ1) is 35.0. The molecule has 0 saturated carbocycles. The van der Waals surface area contributed by atoms with Crippen molar-refractivity contribution in [1.82, 2.24) is 0 Å². The standard InChI is InChI=1S/C28H54O8/c1-2-3-4-5-6-7-8-9-10-11-12-13-14-15-16-17-26(34)36-25-28(21-32,22-33)24-35-23-27(18-29,19-30)20-31/h9-10,29-33H,2-8,11-25H2,1H3/b10-9-. The lowest BCUT2D eigenvalue weighted by Gasteiger charge is -2.32. The fourth-order valence-electron chi connectivity index (χ4n) is 3.69. The molecule has 0 spiro atoms. The first-order valence-corrected chi connectivity index (χ1v) is 13.9. The maximum atomic E-state index is 12.1. The number of carbonyl (C=O) groups is 1. The van der Waals surface area contributed by atoms with Crippen LogP contribution in [0.3, 0.4) is 0 Å². The summed E-state index contributed by atoms with van der Waals surface area (Å²) >= 11 is 0. The summed E-state index contributed by atoms with van der Waals surface area (Å²) in [7, 11) is 0. The Morgan fingerprint density at radius 2 is 1.06 bits per heavy atom. The number of esters is 1. The van der Waals surface area contributed by atoms with Gasteiger partial charge in [-0.3, -0.25) is 4.79 Å². The molecule has 0 radical (unpaired) electrons. The van der Waals surface area contributed by atoms with E-state index in [2.05, 4.69) is 19.1 Å². The molecular formula is C28H54O8. The summed E-state index contributed by atoms with van der Waals surface area (Å²) in [5.74, 6) is -0.380. The second-order valence-corrected chi connectivity index (χ2v) is 10.3. The fraction of sp³-hybridized carbons (Fsp3) is 0.893. The Bertz CT molecular complexity index is 521. The van der Waals surface area contributed by atoms with Crippen LogP contribution in [0.25, 0.3) is 0 Å². The van der Waals surface area contributed by atoms with E-state index in [0.29, 0.717) is 0 Å². The van der Waals surface area contributed by atoms with Gasteiger partial charge < -0.3 is 35.0 Å². The summed E-state index contributed by atoms with van der Waals surface area (Å²) in [4.78, 5) is 12.1. The molecule has 0 saturated heterocycles. The molecule has 0 rings (SSSR count). The number of hydrogen-bond donors (Lipinski definition) is 5. The van der Waals surface area contributed by atoms with Crippen LogP contribution in [-0.2, 0) is 14.3 Å². The minimum Gasteiger partial charge on any atom is -0.465 e. The summed E-state index contributed by atoms with van der Waals surface area (Å²) in [5.41, 5.74) is -2.40. The Labute approximate surface area is 218 Å². The average Bonchev–Trinajstić information content (AvgIpc) is 2.91. The van der Waals surface area contributed by atoms with Gasteiger partial charge in [-0.15, -0.1) is 0 Å². The zero-order valence-electron chi connectivity index (χ0n) is 22.7. The van der Waals surface area contributed by atoms with Gasteiger partial charge in [0, 0.05) is 6.42 Å². The van der Waals surface area contributed by atoms with E-state index in [-0.39, 0.29) is 32.2 Å². The maximum absolute atomic E-state index is 12.1. The van der Waals surface area contributed by atoms with Crippen LogP contribution < -0.4 is 0 Å². The van der Waals surface area contributed by atoms with Crippen molar-refractivity contribution in [3.8, 4) is 0 Å². The molecule has 214 valence electrons. The molecule has 0 heterocycles. The van der Waals surface area contributed by atoms with Gasteiger partial charge >= 0.3 is 5.97 Å². The Morgan fingerprint density at radius 3 is 1.56 bits per heavy atom. The minimum absolute atomic E-state index is 0.150. The number of allylic oxidation sites excluding steroid dienone is 2. The molecule has 0 aromatic heterocycles. The van der Waals surface area contributed by atoms with E-state index in [1.54, 1.807) is 0 Å². The highest BCUT2D eigenvalue weighted by atomic mass is 16.5. The Hall–Kier alpha value is -1.03. The maximum Gasteiger partial charge on any atom is 0.305 e. The highest BCUT2D eigenvalue weighted by Crippen LogP contribution is 2.21. The molecule has 0 bridgehead atoms. The van der Waals surface area contributed by atoms with E-state index in [1.165, 1.54) is 44.9 Å². The van der Waals surface area contributed by atoms with Crippen molar-refractivity contribution in [2.24, 2.45) is 10.8 Å². The van der Waals surface area contributed by atoms with E-state index in [9.17, 15) is 30.3 Å². The molecule has 0 aliphatic carbocycles. The second-order valence-electron chi connectivity index (χ2n) is 10.3. The van der Waals surface area contributed by atoms with Crippen molar-refractivity contribution in [3.05, 3.63) is 12.2 Å². The molecule has 0 aliphatic heterocycles.